The van der Waals surface area contributed by atoms with Crippen molar-refractivity contribution in [2.24, 2.45) is 0 Å². The predicted molar refractivity (Wildman–Crippen MR) is 74.9 cm³/mol. The average molecular weight is 280 g/mol. The first kappa shape index (κ1) is 12.8. The lowest BCUT2D eigenvalue weighted by molar-refractivity contribution is -0.113. The molecule has 0 bridgehead atoms. The zero-order valence-corrected chi connectivity index (χ0v) is 11.3. The molecule has 2 rings (SSSR count). The van der Waals surface area contributed by atoms with Crippen molar-refractivity contribution in [3.63, 3.8) is 0 Å². The number of nitrogens with one attached hydrogen (secondary N) is 1. The van der Waals surface area contributed by atoms with Gasteiger partial charge in [0.25, 0.3) is 0 Å². The molecule has 0 saturated carbocycles. The van der Waals surface area contributed by atoms with E-state index in [0.29, 0.717) is 17.1 Å². The standard InChI is InChI=1S/C11H12N4OS2/c1-7-2-3-8(4-9(7)12)15-10(16)5-17-11-13-6-14-18-11/h2-4,6H,5,12H2,1H3,(H,15,16). The number of carbonyl (C=O) groups excluding carboxylic acids is 1. The van der Waals surface area contributed by atoms with E-state index in [-0.39, 0.29) is 5.91 Å². The molecule has 1 aromatic carbocycles. The van der Waals surface area contributed by atoms with Crippen LogP contribution in [0.5, 0.6) is 0 Å². The van der Waals surface area contributed by atoms with Gasteiger partial charge in [-0.25, -0.2) is 4.98 Å². The molecule has 0 aliphatic rings. The summed E-state index contributed by atoms with van der Waals surface area (Å²) in [7, 11) is 0. The molecule has 1 amide bonds. The third kappa shape index (κ3) is 3.44. The van der Waals surface area contributed by atoms with E-state index in [2.05, 4.69) is 14.7 Å². The molecule has 0 radical (unpaired) electrons. The molecule has 0 aliphatic heterocycles. The monoisotopic (exact) mass is 280 g/mol. The number of benzene rings is 1. The predicted octanol–water partition coefficient (Wildman–Crippen LogP) is 2.16. The second-order valence-electron chi connectivity index (χ2n) is 3.62. The molecule has 5 nitrogen and oxygen atoms in total. The molecule has 0 atom stereocenters. The van der Waals surface area contributed by atoms with Crippen molar-refractivity contribution >= 4 is 40.6 Å². The number of nitrogens with two attached hydrogens (primary N) is 1. The molecule has 94 valence electrons. The first-order chi connectivity index (χ1) is 8.65. The number of nitrogens with zero attached hydrogens (tertiary/aromatic N) is 2. The van der Waals surface area contributed by atoms with E-state index in [0.717, 1.165) is 9.90 Å². The molecular weight excluding hydrogens is 268 g/mol. The SMILES string of the molecule is Cc1ccc(NC(=O)CSc2ncns2)cc1N. The summed E-state index contributed by atoms with van der Waals surface area (Å²) in [6.07, 6.45) is 1.48. The van der Waals surface area contributed by atoms with E-state index in [1.165, 1.54) is 29.6 Å². The number of aryl methyl sites for hydroxylation is 1. The van der Waals surface area contributed by atoms with Gasteiger partial charge < -0.3 is 11.1 Å². The number of amides is 1. The van der Waals surface area contributed by atoms with Gasteiger partial charge in [0.2, 0.25) is 5.91 Å². The van der Waals surface area contributed by atoms with Gasteiger partial charge in [-0.3, -0.25) is 4.79 Å². The zero-order valence-electron chi connectivity index (χ0n) is 9.71. The number of nitrogen functional groups attached to an aromatic ring is 1. The third-order valence-corrected chi connectivity index (χ3v) is 4.03. The molecule has 3 N–H and O–H groups in total. The van der Waals surface area contributed by atoms with Crippen molar-refractivity contribution in [2.45, 2.75) is 11.3 Å². The molecule has 0 fully saturated rings. The van der Waals surface area contributed by atoms with Crippen LogP contribution in [0.3, 0.4) is 0 Å². The van der Waals surface area contributed by atoms with Crippen molar-refractivity contribution in [3.8, 4) is 0 Å². The summed E-state index contributed by atoms with van der Waals surface area (Å²) in [6.45, 7) is 1.92. The normalized spacial score (nSPS) is 10.3. The third-order valence-electron chi connectivity index (χ3n) is 2.23. The number of hydrogen-bond donors (Lipinski definition) is 2. The van der Waals surface area contributed by atoms with Crippen molar-refractivity contribution in [1.29, 1.82) is 0 Å². The molecule has 7 heteroatoms. The number of carbonyl (C=O) groups is 1. The van der Waals surface area contributed by atoms with Crippen LogP contribution in [-0.2, 0) is 4.79 Å². The van der Waals surface area contributed by atoms with Gasteiger partial charge in [-0.2, -0.15) is 4.37 Å². The lowest BCUT2D eigenvalue weighted by atomic mass is 10.2. The van der Waals surface area contributed by atoms with Crippen LogP contribution in [0.2, 0.25) is 0 Å². The van der Waals surface area contributed by atoms with E-state index >= 15 is 0 Å². The molecule has 0 saturated heterocycles. The number of hydrogen-bond acceptors (Lipinski definition) is 6. The summed E-state index contributed by atoms with van der Waals surface area (Å²) in [5.74, 6) is 0.224. The molecule has 2 aromatic rings. The second kappa shape index (κ2) is 5.83. The maximum atomic E-state index is 11.7. The minimum absolute atomic E-state index is 0.0848. The van der Waals surface area contributed by atoms with Crippen molar-refractivity contribution < 1.29 is 4.79 Å². The number of thioether (sulfide) groups is 1. The summed E-state index contributed by atoms with van der Waals surface area (Å²) >= 11 is 2.64. The van der Waals surface area contributed by atoms with Crippen LogP contribution in [-0.4, -0.2) is 21.0 Å². The van der Waals surface area contributed by atoms with Crippen molar-refractivity contribution in [2.75, 3.05) is 16.8 Å². The average Bonchev–Trinajstić information content (AvgIpc) is 2.84. The van der Waals surface area contributed by atoms with Gasteiger partial charge in [0.1, 0.15) is 6.33 Å². The van der Waals surface area contributed by atoms with Crippen LogP contribution in [0.4, 0.5) is 11.4 Å². The Morgan fingerprint density at radius 1 is 1.56 bits per heavy atom. The molecule has 0 aliphatic carbocycles. The smallest absolute Gasteiger partial charge is 0.234 e. The van der Waals surface area contributed by atoms with E-state index < -0.39 is 0 Å². The quantitative estimate of drug-likeness (QED) is 0.662. The molecular formula is C11H12N4OS2. The highest BCUT2D eigenvalue weighted by Crippen LogP contribution is 2.20. The Bertz CT molecular complexity index is 542. The van der Waals surface area contributed by atoms with Crippen molar-refractivity contribution in [3.05, 3.63) is 30.1 Å². The second-order valence-corrected chi connectivity index (χ2v) is 5.62. The Labute approximate surface area is 113 Å². The van der Waals surface area contributed by atoms with E-state index in [4.69, 9.17) is 5.73 Å². The summed E-state index contributed by atoms with van der Waals surface area (Å²) in [5.41, 5.74) is 8.15. The highest BCUT2D eigenvalue weighted by molar-refractivity contribution is 8.01. The molecule has 1 heterocycles. The highest BCUT2D eigenvalue weighted by atomic mass is 32.2. The number of anilines is 2. The minimum Gasteiger partial charge on any atom is -0.398 e. The molecule has 0 unspecified atom stereocenters. The lowest BCUT2D eigenvalue weighted by Gasteiger charge is -2.06. The zero-order chi connectivity index (χ0) is 13.0. The summed E-state index contributed by atoms with van der Waals surface area (Å²) in [4.78, 5) is 15.7. The summed E-state index contributed by atoms with van der Waals surface area (Å²) < 4.78 is 4.65. The summed E-state index contributed by atoms with van der Waals surface area (Å²) in [5, 5.41) is 2.79. The fraction of sp³-hybridized carbons (Fsp3) is 0.182. The van der Waals surface area contributed by atoms with E-state index in [9.17, 15) is 4.79 Å². The lowest BCUT2D eigenvalue weighted by Crippen LogP contribution is -2.14. The Morgan fingerprint density at radius 3 is 3.06 bits per heavy atom. The van der Waals surface area contributed by atoms with Crippen LogP contribution in [0.15, 0.2) is 28.9 Å². The first-order valence-electron chi connectivity index (χ1n) is 5.20. The van der Waals surface area contributed by atoms with Crippen LogP contribution < -0.4 is 11.1 Å². The Balaban J connectivity index is 1.88. The fourth-order valence-electron chi connectivity index (χ4n) is 1.27. The van der Waals surface area contributed by atoms with Crippen LogP contribution in [0.1, 0.15) is 5.56 Å². The van der Waals surface area contributed by atoms with Crippen LogP contribution >= 0.6 is 23.3 Å². The minimum atomic E-state index is -0.0848. The van der Waals surface area contributed by atoms with Gasteiger partial charge in [0, 0.05) is 11.4 Å². The van der Waals surface area contributed by atoms with Gasteiger partial charge in [0.05, 0.1) is 5.75 Å². The topological polar surface area (TPSA) is 80.9 Å². The highest BCUT2D eigenvalue weighted by Gasteiger charge is 2.06. The Hall–Kier alpha value is -1.60. The molecule has 1 aromatic heterocycles. The van der Waals surface area contributed by atoms with E-state index in [1.54, 1.807) is 6.07 Å². The largest absolute Gasteiger partial charge is 0.398 e. The number of aromatic nitrogens is 2. The Kier molecular flexibility index (Phi) is 4.16. The van der Waals surface area contributed by atoms with Crippen LogP contribution in [0, 0.1) is 6.92 Å². The molecule has 18 heavy (non-hydrogen) atoms. The van der Waals surface area contributed by atoms with Gasteiger partial charge in [0.15, 0.2) is 4.34 Å². The van der Waals surface area contributed by atoms with Gasteiger partial charge in [-0.1, -0.05) is 17.8 Å². The van der Waals surface area contributed by atoms with E-state index in [1.807, 2.05) is 19.1 Å². The van der Waals surface area contributed by atoms with Gasteiger partial charge in [-0.05, 0) is 36.2 Å². The van der Waals surface area contributed by atoms with Crippen LogP contribution in [0.25, 0.3) is 0 Å². The summed E-state index contributed by atoms with van der Waals surface area (Å²) in [6, 6.07) is 5.46. The van der Waals surface area contributed by atoms with Gasteiger partial charge >= 0.3 is 0 Å². The molecule has 0 spiro atoms. The maximum absolute atomic E-state index is 11.7. The number of rotatable bonds is 4. The fourth-order valence-corrected chi connectivity index (χ4v) is 2.51. The van der Waals surface area contributed by atoms with Crippen molar-refractivity contribution in [1.82, 2.24) is 9.36 Å². The Morgan fingerprint density at radius 2 is 2.39 bits per heavy atom. The maximum Gasteiger partial charge on any atom is 0.234 e. The van der Waals surface area contributed by atoms with Gasteiger partial charge in [-0.15, -0.1) is 0 Å². The first-order valence-corrected chi connectivity index (χ1v) is 6.96.